The van der Waals surface area contributed by atoms with Crippen molar-refractivity contribution in [3.05, 3.63) is 71.8 Å². The Morgan fingerprint density at radius 1 is 1.04 bits per heavy atom. The van der Waals surface area contributed by atoms with Crippen molar-refractivity contribution in [2.75, 3.05) is 5.75 Å². The van der Waals surface area contributed by atoms with Gasteiger partial charge >= 0.3 is 0 Å². The maximum absolute atomic E-state index is 12.1. The van der Waals surface area contributed by atoms with Crippen LogP contribution in [0.1, 0.15) is 30.9 Å². The van der Waals surface area contributed by atoms with E-state index in [-0.39, 0.29) is 24.0 Å². The lowest BCUT2D eigenvalue weighted by Gasteiger charge is -2.10. The molecule has 0 bridgehead atoms. The van der Waals surface area contributed by atoms with E-state index in [2.05, 4.69) is 10.5 Å². The summed E-state index contributed by atoms with van der Waals surface area (Å²) in [4.78, 5) is 12.1. The highest BCUT2D eigenvalue weighted by atomic mass is 32.2. The van der Waals surface area contributed by atoms with E-state index in [1.54, 1.807) is 6.92 Å². The van der Waals surface area contributed by atoms with Crippen LogP contribution in [0.4, 0.5) is 0 Å². The predicted molar refractivity (Wildman–Crippen MR) is 101 cm³/mol. The molecule has 2 N–H and O–H groups in total. The molecule has 0 spiro atoms. The van der Waals surface area contributed by atoms with Crippen LogP contribution in [0.3, 0.4) is 0 Å². The topological polar surface area (TPSA) is 95.8 Å². The fraction of sp³-hybridized carbons (Fsp3) is 0.263. The van der Waals surface area contributed by atoms with Crippen LogP contribution in [0.25, 0.3) is 0 Å². The second-order valence-electron chi connectivity index (χ2n) is 6.12. The molecule has 1 atom stereocenters. The first-order chi connectivity index (χ1) is 12.3. The number of benzene rings is 2. The maximum atomic E-state index is 12.1. The number of amides is 1. The van der Waals surface area contributed by atoms with Crippen LogP contribution in [-0.4, -0.2) is 30.3 Å². The average Bonchev–Trinajstić information content (AvgIpc) is 2.60. The molecule has 6 nitrogen and oxygen atoms in total. The molecular formula is C19H22N2O4S. The number of hydrogen-bond donors (Lipinski definition) is 2. The third-order valence-electron chi connectivity index (χ3n) is 3.75. The Balaban J connectivity index is 2.05. The van der Waals surface area contributed by atoms with E-state index in [0.29, 0.717) is 12.1 Å². The van der Waals surface area contributed by atoms with E-state index in [1.165, 1.54) is 0 Å². The number of hydrazone groups is 1. The van der Waals surface area contributed by atoms with E-state index in [1.807, 2.05) is 60.7 Å². The third-order valence-corrected chi connectivity index (χ3v) is 4.74. The SMILES string of the molecule is CC(CCC(=O)NN=C(c1ccccc1)c1ccccc1)CS(=O)(=O)O. The van der Waals surface area contributed by atoms with E-state index < -0.39 is 10.1 Å². The van der Waals surface area contributed by atoms with Gasteiger partial charge in [0.1, 0.15) is 0 Å². The summed E-state index contributed by atoms with van der Waals surface area (Å²) in [5, 5.41) is 4.27. The molecule has 0 saturated carbocycles. The number of carbonyl (C=O) groups excluding carboxylic acids is 1. The van der Waals surface area contributed by atoms with Gasteiger partial charge in [-0.15, -0.1) is 0 Å². The standard InChI is InChI=1S/C19H22N2O4S/c1-15(14-26(23,24)25)12-13-18(22)20-21-19(16-8-4-2-5-9-16)17-10-6-3-7-11-17/h2-11,15H,12-14H2,1H3,(H,20,22)(H,23,24,25). The lowest BCUT2D eigenvalue weighted by molar-refractivity contribution is -0.121. The smallest absolute Gasteiger partial charge is 0.265 e. The maximum Gasteiger partial charge on any atom is 0.265 e. The highest BCUT2D eigenvalue weighted by Gasteiger charge is 2.14. The van der Waals surface area contributed by atoms with Gasteiger partial charge in [0.2, 0.25) is 5.91 Å². The molecule has 0 radical (unpaired) electrons. The molecule has 0 fully saturated rings. The third kappa shape index (κ3) is 6.78. The molecule has 1 amide bonds. The highest BCUT2D eigenvalue weighted by Crippen LogP contribution is 2.11. The number of nitrogens with zero attached hydrogens (tertiary/aromatic N) is 1. The Bertz CT molecular complexity index is 808. The predicted octanol–water partition coefficient (Wildman–Crippen LogP) is 2.86. The zero-order valence-electron chi connectivity index (χ0n) is 14.5. The quantitative estimate of drug-likeness (QED) is 0.422. The summed E-state index contributed by atoms with van der Waals surface area (Å²) in [5.41, 5.74) is 4.93. The van der Waals surface area contributed by atoms with Gasteiger partial charge in [-0.05, 0) is 12.3 Å². The molecular weight excluding hydrogens is 352 g/mol. The molecule has 2 aromatic rings. The van der Waals surface area contributed by atoms with Crippen molar-refractivity contribution in [3.8, 4) is 0 Å². The summed E-state index contributed by atoms with van der Waals surface area (Å²) in [7, 11) is -4.03. The van der Waals surface area contributed by atoms with Crippen molar-refractivity contribution >= 4 is 21.7 Å². The van der Waals surface area contributed by atoms with Gasteiger partial charge in [0, 0.05) is 17.5 Å². The molecule has 0 aliphatic heterocycles. The van der Waals surface area contributed by atoms with E-state index in [4.69, 9.17) is 4.55 Å². The molecule has 138 valence electrons. The van der Waals surface area contributed by atoms with E-state index >= 15 is 0 Å². The van der Waals surface area contributed by atoms with Crippen molar-refractivity contribution in [1.82, 2.24) is 5.43 Å². The Hall–Kier alpha value is -2.51. The molecule has 0 aliphatic carbocycles. The summed E-state index contributed by atoms with van der Waals surface area (Å²) >= 11 is 0. The van der Waals surface area contributed by atoms with Crippen molar-refractivity contribution in [2.24, 2.45) is 11.0 Å². The minimum absolute atomic E-state index is 0.122. The molecule has 0 aromatic heterocycles. The molecule has 2 rings (SSSR count). The van der Waals surface area contributed by atoms with Crippen LogP contribution >= 0.6 is 0 Å². The Morgan fingerprint density at radius 3 is 2.00 bits per heavy atom. The van der Waals surface area contributed by atoms with Crippen LogP contribution in [0.5, 0.6) is 0 Å². The van der Waals surface area contributed by atoms with Crippen LogP contribution in [0, 0.1) is 5.92 Å². The fourth-order valence-corrected chi connectivity index (χ4v) is 3.37. The summed E-state index contributed by atoms with van der Waals surface area (Å²) < 4.78 is 30.5. The van der Waals surface area contributed by atoms with Crippen molar-refractivity contribution in [3.63, 3.8) is 0 Å². The summed E-state index contributed by atoms with van der Waals surface area (Å²) in [5.74, 6) is -0.984. The second-order valence-corrected chi connectivity index (χ2v) is 7.62. The van der Waals surface area contributed by atoms with Gasteiger partial charge in [-0.1, -0.05) is 67.6 Å². The number of nitrogens with one attached hydrogen (secondary N) is 1. The van der Waals surface area contributed by atoms with Crippen LogP contribution < -0.4 is 5.43 Å². The van der Waals surface area contributed by atoms with E-state index in [0.717, 1.165) is 11.1 Å². The van der Waals surface area contributed by atoms with Crippen LogP contribution in [0.15, 0.2) is 65.8 Å². The van der Waals surface area contributed by atoms with Crippen molar-refractivity contribution < 1.29 is 17.8 Å². The highest BCUT2D eigenvalue weighted by molar-refractivity contribution is 7.85. The first-order valence-electron chi connectivity index (χ1n) is 8.27. The van der Waals surface area contributed by atoms with Crippen molar-refractivity contribution in [1.29, 1.82) is 0 Å². The zero-order chi connectivity index (χ0) is 19.0. The van der Waals surface area contributed by atoms with Crippen molar-refractivity contribution in [2.45, 2.75) is 19.8 Å². The Labute approximate surface area is 153 Å². The van der Waals surface area contributed by atoms with Crippen LogP contribution in [-0.2, 0) is 14.9 Å². The minimum Gasteiger partial charge on any atom is -0.286 e. The second kappa shape index (κ2) is 9.26. The summed E-state index contributed by atoms with van der Waals surface area (Å²) in [6, 6.07) is 19.0. The average molecular weight is 374 g/mol. The van der Waals surface area contributed by atoms with Gasteiger partial charge in [-0.3, -0.25) is 9.35 Å². The normalized spacial score (nSPS) is 12.2. The molecule has 2 aromatic carbocycles. The first kappa shape index (κ1) is 19.8. The zero-order valence-corrected chi connectivity index (χ0v) is 15.3. The number of carbonyl (C=O) groups is 1. The monoisotopic (exact) mass is 374 g/mol. The van der Waals surface area contributed by atoms with E-state index in [9.17, 15) is 13.2 Å². The lowest BCUT2D eigenvalue weighted by atomic mass is 10.0. The van der Waals surface area contributed by atoms with Gasteiger partial charge < -0.3 is 0 Å². The Morgan fingerprint density at radius 2 is 1.54 bits per heavy atom. The first-order valence-corrected chi connectivity index (χ1v) is 9.88. The van der Waals surface area contributed by atoms with Gasteiger partial charge in [-0.25, -0.2) is 5.43 Å². The molecule has 1 unspecified atom stereocenters. The summed E-state index contributed by atoms with van der Waals surface area (Å²) in [6.45, 7) is 1.67. The molecule has 0 heterocycles. The van der Waals surface area contributed by atoms with Gasteiger partial charge in [-0.2, -0.15) is 13.5 Å². The Kier molecular flexibility index (Phi) is 7.06. The molecule has 26 heavy (non-hydrogen) atoms. The van der Waals surface area contributed by atoms with Crippen LogP contribution in [0.2, 0.25) is 0 Å². The molecule has 7 heteroatoms. The van der Waals surface area contributed by atoms with Gasteiger partial charge in [0.15, 0.2) is 0 Å². The molecule has 0 saturated heterocycles. The largest absolute Gasteiger partial charge is 0.286 e. The number of hydrogen-bond acceptors (Lipinski definition) is 4. The minimum atomic E-state index is -4.03. The number of rotatable bonds is 8. The van der Waals surface area contributed by atoms with Gasteiger partial charge in [0.05, 0.1) is 11.5 Å². The molecule has 0 aliphatic rings. The fourth-order valence-electron chi connectivity index (χ4n) is 2.48. The summed E-state index contributed by atoms with van der Waals surface area (Å²) in [6.07, 6.45) is 0.462. The van der Waals surface area contributed by atoms with Gasteiger partial charge in [0.25, 0.3) is 10.1 Å². The lowest BCUT2D eigenvalue weighted by Crippen LogP contribution is -2.22.